The van der Waals surface area contributed by atoms with Crippen LogP contribution in [0.3, 0.4) is 0 Å². The first kappa shape index (κ1) is 34.5. The molecule has 0 aliphatic carbocycles. The van der Waals surface area contributed by atoms with Crippen molar-refractivity contribution in [3.63, 3.8) is 0 Å². The molecule has 3 heterocycles. The molecule has 1 aromatic heterocycles. The van der Waals surface area contributed by atoms with Gasteiger partial charge in [0.15, 0.2) is 6.29 Å². The van der Waals surface area contributed by atoms with Gasteiger partial charge in [0.2, 0.25) is 11.1 Å². The molecular formula is C34H35F3N6O5S. The van der Waals surface area contributed by atoms with E-state index >= 15 is 0 Å². The first-order valence-corrected chi connectivity index (χ1v) is 16.8. The average Bonchev–Trinajstić information content (AvgIpc) is 3.78. The van der Waals surface area contributed by atoms with Crippen molar-refractivity contribution < 1.29 is 37.3 Å². The van der Waals surface area contributed by atoms with E-state index in [0.29, 0.717) is 28.7 Å². The molecule has 2 fully saturated rings. The normalized spacial score (nSPS) is 21.1. The van der Waals surface area contributed by atoms with Crippen LogP contribution >= 0.6 is 11.8 Å². The van der Waals surface area contributed by atoms with E-state index in [0.717, 1.165) is 33.4 Å². The van der Waals surface area contributed by atoms with Crippen LogP contribution in [0.15, 0.2) is 78.0 Å². The van der Waals surface area contributed by atoms with Gasteiger partial charge in [0.05, 0.1) is 18.8 Å². The number of nitrogens with zero attached hydrogens (tertiary/aromatic N) is 5. The predicted octanol–water partition coefficient (Wildman–Crippen LogP) is 4.88. The fourth-order valence-electron chi connectivity index (χ4n) is 6.06. The Morgan fingerprint density at radius 2 is 1.76 bits per heavy atom. The number of likely N-dealkylation sites (tertiary alicyclic amines) is 1. The van der Waals surface area contributed by atoms with Crippen LogP contribution < -0.4 is 5.32 Å². The van der Waals surface area contributed by atoms with Crippen molar-refractivity contribution in [2.45, 2.75) is 68.3 Å². The van der Waals surface area contributed by atoms with Gasteiger partial charge in [-0.3, -0.25) is 9.59 Å². The summed E-state index contributed by atoms with van der Waals surface area (Å²) in [7, 11) is 1.78. The Kier molecular flexibility index (Phi) is 10.6. The van der Waals surface area contributed by atoms with Crippen LogP contribution in [-0.2, 0) is 39.3 Å². The van der Waals surface area contributed by atoms with Gasteiger partial charge in [0.1, 0.15) is 6.04 Å². The lowest BCUT2D eigenvalue weighted by molar-refractivity contribution is -0.245. The number of ether oxygens (including phenoxy) is 2. The van der Waals surface area contributed by atoms with E-state index in [4.69, 9.17) is 9.47 Å². The second kappa shape index (κ2) is 15.1. The SMILES string of the molecule is Cn1nnnc1SC[C@H]1C[C@@H](c2ccc(CO)cc2)O[C@@H](c2ccc(-c3ccccc3CNC(=O)[C@@H]3CCCN3C(=O)C(F)(F)F)cc2)O1. The fraction of sp³-hybridized carbons (Fsp3) is 0.382. The van der Waals surface area contributed by atoms with Crippen LogP contribution in [0.25, 0.3) is 11.1 Å². The predicted molar refractivity (Wildman–Crippen MR) is 172 cm³/mol. The number of carbonyl (C=O) groups excluding carboxylic acids is 2. The maximum Gasteiger partial charge on any atom is 0.471 e. The average molecular weight is 697 g/mol. The van der Waals surface area contributed by atoms with Crippen LogP contribution in [-0.4, -0.2) is 72.6 Å². The van der Waals surface area contributed by atoms with E-state index in [2.05, 4.69) is 20.8 Å². The lowest BCUT2D eigenvalue weighted by Crippen LogP contribution is -2.50. The Hall–Kier alpha value is -4.31. The van der Waals surface area contributed by atoms with Crippen LogP contribution in [0.2, 0.25) is 0 Å². The third kappa shape index (κ3) is 8.12. The van der Waals surface area contributed by atoms with Crippen molar-refractivity contribution in [1.82, 2.24) is 30.4 Å². The van der Waals surface area contributed by atoms with Gasteiger partial charge in [-0.25, -0.2) is 4.68 Å². The van der Waals surface area contributed by atoms with Crippen molar-refractivity contribution in [1.29, 1.82) is 0 Å². The molecule has 2 aliphatic heterocycles. The van der Waals surface area contributed by atoms with Crippen LogP contribution in [0.5, 0.6) is 0 Å². The van der Waals surface area contributed by atoms with Gasteiger partial charge in [-0.05, 0) is 51.1 Å². The number of hydrogen-bond acceptors (Lipinski definition) is 9. The number of halogens is 3. The summed E-state index contributed by atoms with van der Waals surface area (Å²) in [5.74, 6) is -2.01. The summed E-state index contributed by atoms with van der Waals surface area (Å²) in [6.45, 7) is -0.0804. The molecule has 2 saturated heterocycles. The Balaban J connectivity index is 1.16. The van der Waals surface area contributed by atoms with E-state index in [1.54, 1.807) is 11.7 Å². The Morgan fingerprint density at radius 1 is 1.02 bits per heavy atom. The number of nitrogens with one attached hydrogen (secondary N) is 1. The maximum atomic E-state index is 13.1. The summed E-state index contributed by atoms with van der Waals surface area (Å²) in [5.41, 5.74) is 5.04. The smallest absolute Gasteiger partial charge is 0.392 e. The monoisotopic (exact) mass is 696 g/mol. The number of benzene rings is 3. The summed E-state index contributed by atoms with van der Waals surface area (Å²) >= 11 is 1.49. The molecule has 258 valence electrons. The van der Waals surface area contributed by atoms with Gasteiger partial charge in [-0.2, -0.15) is 13.2 Å². The van der Waals surface area contributed by atoms with E-state index < -0.39 is 30.3 Å². The van der Waals surface area contributed by atoms with E-state index in [1.807, 2.05) is 72.8 Å². The van der Waals surface area contributed by atoms with E-state index in [9.17, 15) is 27.9 Å². The molecule has 6 rings (SSSR count). The maximum absolute atomic E-state index is 13.1. The third-order valence-electron chi connectivity index (χ3n) is 8.62. The minimum atomic E-state index is -5.03. The number of aliphatic hydroxyl groups is 1. The molecular weight excluding hydrogens is 661 g/mol. The number of alkyl halides is 3. The quantitative estimate of drug-likeness (QED) is 0.223. The molecule has 0 radical (unpaired) electrons. The van der Waals surface area contributed by atoms with Crippen molar-refractivity contribution in [2.75, 3.05) is 12.3 Å². The molecule has 11 nitrogen and oxygen atoms in total. The highest BCUT2D eigenvalue weighted by molar-refractivity contribution is 7.99. The van der Waals surface area contributed by atoms with Gasteiger partial charge < -0.3 is 24.8 Å². The number of aliphatic hydroxyl groups excluding tert-OH is 1. The van der Waals surface area contributed by atoms with Gasteiger partial charge in [0, 0.05) is 37.9 Å². The minimum absolute atomic E-state index is 0.0491. The number of tetrazole rings is 1. The highest BCUT2D eigenvalue weighted by atomic mass is 32.2. The lowest BCUT2D eigenvalue weighted by Gasteiger charge is -2.36. The number of amides is 2. The van der Waals surface area contributed by atoms with Crippen molar-refractivity contribution in [3.05, 3.63) is 95.1 Å². The number of aromatic nitrogens is 4. The first-order valence-electron chi connectivity index (χ1n) is 15.8. The largest absolute Gasteiger partial charge is 0.471 e. The van der Waals surface area contributed by atoms with Crippen LogP contribution in [0.1, 0.15) is 53.9 Å². The zero-order valence-electron chi connectivity index (χ0n) is 26.5. The topological polar surface area (TPSA) is 132 Å². The van der Waals surface area contributed by atoms with Crippen LogP contribution in [0.4, 0.5) is 13.2 Å². The molecule has 0 saturated carbocycles. The number of rotatable bonds is 10. The lowest BCUT2D eigenvalue weighted by atomic mass is 9.97. The first-order chi connectivity index (χ1) is 23.6. The van der Waals surface area contributed by atoms with Gasteiger partial charge in [-0.15, -0.1) is 5.10 Å². The van der Waals surface area contributed by atoms with Gasteiger partial charge >= 0.3 is 12.1 Å². The standard InChI is InChI=1S/C34H35F3N6O5S/c1-42-33(39-40-41-42)49-20-26-17-29(23-10-8-21(19-44)9-11-23)48-31(47-26)24-14-12-22(13-15-24)27-6-3-2-5-25(27)18-38-30(45)28-7-4-16-43(28)32(46)34(35,36)37/h2-3,5-6,8-15,26,28-29,31,44H,4,7,16-20H2,1H3,(H,38,45)/t26-,28+,29+,31+/m1/s1. The molecule has 2 amide bonds. The summed E-state index contributed by atoms with van der Waals surface area (Å²) < 4.78 is 53.7. The summed E-state index contributed by atoms with van der Waals surface area (Å²) in [6.07, 6.45) is -5.04. The summed E-state index contributed by atoms with van der Waals surface area (Å²) in [4.78, 5) is 25.4. The Bertz CT molecular complexity index is 1750. The van der Waals surface area contributed by atoms with E-state index in [1.165, 1.54) is 11.8 Å². The second-order valence-corrected chi connectivity index (χ2v) is 12.9. The number of hydrogen-bond donors (Lipinski definition) is 2. The van der Waals surface area contributed by atoms with Gasteiger partial charge in [0.25, 0.3) is 0 Å². The van der Waals surface area contributed by atoms with Gasteiger partial charge in [-0.1, -0.05) is 84.6 Å². The molecule has 4 atom stereocenters. The number of aryl methyl sites for hydroxylation is 1. The molecule has 0 spiro atoms. The molecule has 2 N–H and O–H groups in total. The minimum Gasteiger partial charge on any atom is -0.392 e. The molecule has 15 heteroatoms. The highest BCUT2D eigenvalue weighted by Crippen LogP contribution is 2.40. The molecule has 0 unspecified atom stereocenters. The third-order valence-corrected chi connectivity index (χ3v) is 9.76. The summed E-state index contributed by atoms with van der Waals surface area (Å²) in [5, 5.41) is 24.6. The van der Waals surface area contributed by atoms with Crippen molar-refractivity contribution >= 4 is 23.6 Å². The number of thioether (sulfide) groups is 1. The highest BCUT2D eigenvalue weighted by Gasteiger charge is 2.47. The van der Waals surface area contributed by atoms with Crippen molar-refractivity contribution in [3.8, 4) is 11.1 Å². The van der Waals surface area contributed by atoms with Crippen molar-refractivity contribution in [2.24, 2.45) is 7.05 Å². The molecule has 0 bridgehead atoms. The summed E-state index contributed by atoms with van der Waals surface area (Å²) in [6, 6.07) is 21.6. The fourth-order valence-corrected chi connectivity index (χ4v) is 6.92. The number of carbonyl (C=O) groups is 2. The van der Waals surface area contributed by atoms with E-state index in [-0.39, 0.29) is 38.3 Å². The van der Waals surface area contributed by atoms with Crippen LogP contribution in [0, 0.1) is 0 Å². The molecule has 2 aliphatic rings. The zero-order chi connectivity index (χ0) is 34.5. The second-order valence-electron chi connectivity index (χ2n) is 11.9. The zero-order valence-corrected chi connectivity index (χ0v) is 27.4. The Morgan fingerprint density at radius 3 is 2.45 bits per heavy atom. The Labute approximate surface area is 284 Å². The molecule has 4 aromatic rings. The molecule has 3 aromatic carbocycles. The molecule has 49 heavy (non-hydrogen) atoms.